The molecule has 0 atom stereocenters. The van der Waals surface area contributed by atoms with E-state index in [1.54, 1.807) is 24.3 Å². The van der Waals surface area contributed by atoms with Crippen molar-refractivity contribution in [3.63, 3.8) is 0 Å². The predicted molar refractivity (Wildman–Crippen MR) is 99.7 cm³/mol. The minimum Gasteiger partial charge on any atom is -0.349 e. The van der Waals surface area contributed by atoms with Gasteiger partial charge in [-0.05, 0) is 48.4 Å². The molecule has 2 aromatic carbocycles. The van der Waals surface area contributed by atoms with E-state index in [0.717, 1.165) is 5.56 Å². The topological polar surface area (TPSA) is 46.2 Å². The lowest BCUT2D eigenvalue weighted by molar-refractivity contribution is -0.116. The molecule has 1 amide bonds. The van der Waals surface area contributed by atoms with Crippen LogP contribution in [0.4, 0.5) is 4.39 Å². The van der Waals surface area contributed by atoms with E-state index in [1.807, 2.05) is 12.1 Å². The fourth-order valence-corrected chi connectivity index (χ4v) is 3.57. The molecule has 1 aliphatic rings. The highest BCUT2D eigenvalue weighted by Gasteiger charge is 2.18. The summed E-state index contributed by atoms with van der Waals surface area (Å²) in [5, 5.41) is 2.62. The summed E-state index contributed by atoms with van der Waals surface area (Å²) in [5.41, 5.74) is 2.45. The number of carbonyl (C=O) groups excluding carboxylic acids is 2. The van der Waals surface area contributed by atoms with Crippen molar-refractivity contribution in [3.05, 3.63) is 71.0 Å². The Balaban J connectivity index is 1.52. The number of nitrogens with one attached hydrogen (secondary N) is 1. The van der Waals surface area contributed by atoms with Gasteiger partial charge in [-0.3, -0.25) is 9.59 Å². The predicted octanol–water partition coefficient (Wildman–Crippen LogP) is 4.42. The van der Waals surface area contributed by atoms with Gasteiger partial charge in [-0.1, -0.05) is 55.7 Å². The third kappa shape index (κ3) is 4.78. The highest BCUT2D eigenvalue weighted by Crippen LogP contribution is 2.32. The van der Waals surface area contributed by atoms with Gasteiger partial charge in [0.1, 0.15) is 5.82 Å². The van der Waals surface area contributed by atoms with E-state index in [4.69, 9.17) is 0 Å². The molecule has 1 aliphatic carbocycles. The molecule has 1 saturated carbocycles. The van der Waals surface area contributed by atoms with E-state index in [-0.39, 0.29) is 5.82 Å². The number of hydrogen-bond acceptors (Lipinski definition) is 2. The van der Waals surface area contributed by atoms with Crippen molar-refractivity contribution < 1.29 is 14.0 Å². The van der Waals surface area contributed by atoms with Crippen molar-refractivity contribution in [1.82, 2.24) is 5.32 Å². The van der Waals surface area contributed by atoms with Gasteiger partial charge in [-0.25, -0.2) is 4.39 Å². The Kier molecular flexibility index (Phi) is 6.16. The van der Waals surface area contributed by atoms with Gasteiger partial charge in [0.2, 0.25) is 5.78 Å². The largest absolute Gasteiger partial charge is 0.349 e. The lowest BCUT2D eigenvalue weighted by Gasteiger charge is -2.21. The normalized spacial score (nSPS) is 14.8. The Morgan fingerprint density at radius 2 is 1.73 bits per heavy atom. The summed E-state index contributed by atoms with van der Waals surface area (Å²) >= 11 is 0. The fraction of sp³-hybridized carbons (Fsp3) is 0.364. The molecule has 1 fully saturated rings. The van der Waals surface area contributed by atoms with Gasteiger partial charge in [0, 0.05) is 12.1 Å². The molecule has 2 aromatic rings. The molecule has 4 heteroatoms. The molecule has 0 heterocycles. The SMILES string of the molecule is O=C(NCCc1cccc(F)c1)C(=O)c1ccc(C2CCCCC2)cc1. The van der Waals surface area contributed by atoms with Crippen molar-refractivity contribution in [3.8, 4) is 0 Å². The molecule has 0 radical (unpaired) electrons. The van der Waals surface area contributed by atoms with E-state index >= 15 is 0 Å². The maximum absolute atomic E-state index is 13.1. The van der Waals surface area contributed by atoms with Crippen molar-refractivity contribution in [2.24, 2.45) is 0 Å². The molecular weight excluding hydrogens is 329 g/mol. The zero-order chi connectivity index (χ0) is 18.4. The Labute approximate surface area is 153 Å². The summed E-state index contributed by atoms with van der Waals surface area (Å²) < 4.78 is 13.1. The summed E-state index contributed by atoms with van der Waals surface area (Å²) in [6.45, 7) is 0.300. The first-order chi connectivity index (χ1) is 12.6. The van der Waals surface area contributed by atoms with Crippen LogP contribution in [0.25, 0.3) is 0 Å². The lowest BCUT2D eigenvalue weighted by atomic mass is 9.84. The molecule has 0 spiro atoms. The van der Waals surface area contributed by atoms with E-state index in [1.165, 1.54) is 49.8 Å². The second-order valence-electron chi connectivity index (χ2n) is 6.92. The number of rotatable bonds is 6. The lowest BCUT2D eigenvalue weighted by Crippen LogP contribution is -2.32. The van der Waals surface area contributed by atoms with Gasteiger partial charge in [0.15, 0.2) is 0 Å². The molecule has 1 N–H and O–H groups in total. The van der Waals surface area contributed by atoms with Crippen molar-refractivity contribution >= 4 is 11.7 Å². The number of carbonyl (C=O) groups is 2. The summed E-state index contributed by atoms with van der Waals surface area (Å²) in [5.74, 6) is -0.873. The maximum Gasteiger partial charge on any atom is 0.292 e. The molecule has 0 saturated heterocycles. The Morgan fingerprint density at radius 1 is 1.00 bits per heavy atom. The minimum absolute atomic E-state index is 0.300. The van der Waals surface area contributed by atoms with Gasteiger partial charge in [0.05, 0.1) is 0 Å². The van der Waals surface area contributed by atoms with Crippen molar-refractivity contribution in [2.45, 2.75) is 44.4 Å². The van der Waals surface area contributed by atoms with Crippen LogP contribution >= 0.6 is 0 Å². The smallest absolute Gasteiger partial charge is 0.292 e. The molecule has 3 rings (SSSR count). The second-order valence-corrected chi connectivity index (χ2v) is 6.92. The molecular formula is C22H24FNO2. The van der Waals surface area contributed by atoms with Gasteiger partial charge in [-0.2, -0.15) is 0 Å². The van der Waals surface area contributed by atoms with Gasteiger partial charge in [-0.15, -0.1) is 0 Å². The molecule has 0 unspecified atom stereocenters. The van der Waals surface area contributed by atoms with Crippen LogP contribution in [0, 0.1) is 5.82 Å². The maximum atomic E-state index is 13.1. The van der Waals surface area contributed by atoms with Gasteiger partial charge < -0.3 is 5.32 Å². The van der Waals surface area contributed by atoms with Crippen LogP contribution in [0.1, 0.15) is 59.5 Å². The van der Waals surface area contributed by atoms with Crippen LogP contribution in [0.5, 0.6) is 0 Å². The number of hydrogen-bond donors (Lipinski definition) is 1. The minimum atomic E-state index is -0.619. The zero-order valence-electron chi connectivity index (χ0n) is 14.8. The molecule has 0 aliphatic heterocycles. The molecule has 26 heavy (non-hydrogen) atoms. The monoisotopic (exact) mass is 353 g/mol. The first kappa shape index (κ1) is 18.3. The van der Waals surface area contributed by atoms with Crippen LogP contribution < -0.4 is 5.32 Å². The number of benzene rings is 2. The first-order valence-electron chi connectivity index (χ1n) is 9.30. The Morgan fingerprint density at radius 3 is 2.42 bits per heavy atom. The average Bonchev–Trinajstić information content (AvgIpc) is 2.68. The second kappa shape index (κ2) is 8.75. The van der Waals surface area contributed by atoms with E-state index in [9.17, 15) is 14.0 Å². The summed E-state index contributed by atoms with van der Waals surface area (Å²) in [6, 6.07) is 13.7. The first-order valence-corrected chi connectivity index (χ1v) is 9.30. The van der Waals surface area contributed by atoms with Crippen LogP contribution in [-0.4, -0.2) is 18.2 Å². The third-order valence-corrected chi connectivity index (χ3v) is 5.04. The molecule has 0 aromatic heterocycles. The third-order valence-electron chi connectivity index (χ3n) is 5.04. The number of Topliss-reactive ketones (excluding diaryl/α,β-unsaturated/α-hetero) is 1. The van der Waals surface area contributed by atoms with E-state index in [2.05, 4.69) is 5.32 Å². The quantitative estimate of drug-likeness (QED) is 0.617. The summed E-state index contributed by atoms with van der Waals surface area (Å²) in [7, 11) is 0. The van der Waals surface area contributed by atoms with Crippen LogP contribution in [-0.2, 0) is 11.2 Å². The fourth-order valence-electron chi connectivity index (χ4n) is 3.57. The van der Waals surface area contributed by atoms with Crippen molar-refractivity contribution in [2.75, 3.05) is 6.54 Å². The van der Waals surface area contributed by atoms with Crippen LogP contribution in [0.15, 0.2) is 48.5 Å². The Hall–Kier alpha value is -2.49. The number of ketones is 1. The standard InChI is InChI=1S/C22H24FNO2/c23-20-8-4-5-16(15-20)13-14-24-22(26)21(25)19-11-9-18(10-12-19)17-6-2-1-3-7-17/h4-5,8-12,15,17H,1-3,6-7,13-14H2,(H,24,26). The van der Waals surface area contributed by atoms with Crippen LogP contribution in [0.2, 0.25) is 0 Å². The van der Waals surface area contributed by atoms with Gasteiger partial charge in [0.25, 0.3) is 5.91 Å². The Bertz CT molecular complexity index is 764. The highest BCUT2D eigenvalue weighted by atomic mass is 19.1. The number of amides is 1. The van der Waals surface area contributed by atoms with Crippen molar-refractivity contribution in [1.29, 1.82) is 0 Å². The van der Waals surface area contributed by atoms with E-state index in [0.29, 0.717) is 24.4 Å². The average molecular weight is 353 g/mol. The molecule has 136 valence electrons. The summed E-state index contributed by atoms with van der Waals surface area (Å²) in [4.78, 5) is 24.3. The highest BCUT2D eigenvalue weighted by molar-refractivity contribution is 6.42. The molecule has 0 bridgehead atoms. The number of halogens is 1. The zero-order valence-corrected chi connectivity index (χ0v) is 14.8. The molecule has 3 nitrogen and oxygen atoms in total. The van der Waals surface area contributed by atoms with Gasteiger partial charge >= 0.3 is 0 Å². The van der Waals surface area contributed by atoms with E-state index < -0.39 is 11.7 Å². The summed E-state index contributed by atoms with van der Waals surface area (Å²) in [6.07, 6.45) is 6.72. The van der Waals surface area contributed by atoms with Crippen LogP contribution in [0.3, 0.4) is 0 Å².